The van der Waals surface area contributed by atoms with Crippen LogP contribution in [0.25, 0.3) is 0 Å². The quantitative estimate of drug-likeness (QED) is 0.751. The van der Waals surface area contributed by atoms with Gasteiger partial charge in [-0.3, -0.25) is 4.31 Å². The number of ether oxygens (including phenoxy) is 2. The molecule has 140 valence electrons. The average molecular weight is 398 g/mol. The predicted molar refractivity (Wildman–Crippen MR) is 96.4 cm³/mol. The van der Waals surface area contributed by atoms with Crippen molar-refractivity contribution in [3.8, 4) is 11.5 Å². The Hall–Kier alpha value is -2.30. The summed E-state index contributed by atoms with van der Waals surface area (Å²) in [5.74, 6) is 0.980. The molecule has 26 heavy (non-hydrogen) atoms. The molecule has 0 atom stereocenters. The zero-order valence-corrected chi connectivity index (χ0v) is 15.6. The molecule has 2 aromatic carbocycles. The Morgan fingerprint density at radius 1 is 1.00 bits per heavy atom. The number of sulfonamides is 2. The number of fused-ring (bicyclic) bond motifs is 1. The first kappa shape index (κ1) is 18.5. The van der Waals surface area contributed by atoms with Crippen molar-refractivity contribution in [1.29, 1.82) is 0 Å². The number of benzene rings is 2. The van der Waals surface area contributed by atoms with Gasteiger partial charge < -0.3 is 9.47 Å². The fourth-order valence-electron chi connectivity index (χ4n) is 2.49. The highest BCUT2D eigenvalue weighted by Crippen LogP contribution is 2.35. The normalized spacial score (nSPS) is 13.6. The average Bonchev–Trinajstić information content (AvgIpc) is 3.06. The van der Waals surface area contributed by atoms with Gasteiger partial charge in [0.1, 0.15) is 0 Å². The summed E-state index contributed by atoms with van der Waals surface area (Å²) in [5, 5.41) is 0. The summed E-state index contributed by atoms with van der Waals surface area (Å²) in [6, 6.07) is 12.6. The van der Waals surface area contributed by atoms with Crippen LogP contribution in [0.5, 0.6) is 11.5 Å². The lowest BCUT2D eigenvalue weighted by molar-refractivity contribution is 0.174. The molecule has 0 aromatic heterocycles. The van der Waals surface area contributed by atoms with Gasteiger partial charge in [-0.25, -0.2) is 21.6 Å². The van der Waals surface area contributed by atoms with E-state index in [9.17, 15) is 16.8 Å². The molecule has 1 N–H and O–H groups in total. The summed E-state index contributed by atoms with van der Waals surface area (Å²) in [5.41, 5.74) is 0.371. The number of nitrogens with one attached hydrogen (secondary N) is 1. The van der Waals surface area contributed by atoms with Gasteiger partial charge in [0.25, 0.3) is 0 Å². The fraction of sp³-hybridized carbons (Fsp3) is 0.250. The summed E-state index contributed by atoms with van der Waals surface area (Å²) >= 11 is 0. The molecular formula is C16H18N2O6S2. The van der Waals surface area contributed by atoms with Crippen molar-refractivity contribution in [3.63, 3.8) is 0 Å². The van der Waals surface area contributed by atoms with E-state index in [2.05, 4.69) is 4.72 Å². The Kier molecular flexibility index (Phi) is 5.08. The molecule has 8 nitrogen and oxygen atoms in total. The Bertz CT molecular complexity index is 991. The zero-order chi connectivity index (χ0) is 18.8. The molecule has 10 heteroatoms. The van der Waals surface area contributed by atoms with Gasteiger partial charge in [0.2, 0.25) is 26.8 Å². The topological polar surface area (TPSA) is 102 Å². The van der Waals surface area contributed by atoms with E-state index in [-0.39, 0.29) is 24.8 Å². The molecule has 1 aliphatic heterocycles. The Labute approximate surface area is 152 Å². The van der Waals surface area contributed by atoms with Gasteiger partial charge in [0.05, 0.1) is 16.8 Å². The van der Waals surface area contributed by atoms with Crippen LogP contribution in [0, 0.1) is 0 Å². The SMILES string of the molecule is CS(=O)(=O)N(CCNS(=O)(=O)c1ccccc1)c1ccc2c(c1)OCO2. The molecule has 0 fully saturated rings. The molecule has 0 bridgehead atoms. The molecule has 0 spiro atoms. The van der Waals surface area contributed by atoms with Crippen LogP contribution in [0.4, 0.5) is 5.69 Å². The number of hydrogen-bond donors (Lipinski definition) is 1. The van der Waals surface area contributed by atoms with Crippen LogP contribution < -0.4 is 18.5 Å². The van der Waals surface area contributed by atoms with E-state index in [1.165, 1.54) is 12.1 Å². The van der Waals surface area contributed by atoms with Gasteiger partial charge in [-0.05, 0) is 24.3 Å². The lowest BCUT2D eigenvalue weighted by Gasteiger charge is -2.22. The summed E-state index contributed by atoms with van der Waals surface area (Å²) < 4.78 is 62.7. The van der Waals surface area contributed by atoms with Crippen molar-refractivity contribution >= 4 is 25.7 Å². The second-order valence-corrected chi connectivity index (χ2v) is 9.26. The summed E-state index contributed by atoms with van der Waals surface area (Å²) in [4.78, 5) is 0.119. The van der Waals surface area contributed by atoms with Gasteiger partial charge in [0.15, 0.2) is 11.5 Å². The van der Waals surface area contributed by atoms with Gasteiger partial charge in [-0.15, -0.1) is 0 Å². The second-order valence-electron chi connectivity index (χ2n) is 5.58. The van der Waals surface area contributed by atoms with E-state index in [1.54, 1.807) is 36.4 Å². The largest absolute Gasteiger partial charge is 0.454 e. The fourth-order valence-corrected chi connectivity index (χ4v) is 4.45. The molecule has 0 unspecified atom stereocenters. The summed E-state index contributed by atoms with van der Waals surface area (Å²) in [6.45, 7) is -0.0716. The molecule has 0 amide bonds. The van der Waals surface area contributed by atoms with E-state index < -0.39 is 20.0 Å². The first-order valence-electron chi connectivity index (χ1n) is 7.69. The third-order valence-corrected chi connectivity index (χ3v) is 6.38. The monoisotopic (exact) mass is 398 g/mol. The summed E-state index contributed by atoms with van der Waals surface area (Å²) in [6.07, 6.45) is 1.06. The van der Waals surface area contributed by atoms with Crippen LogP contribution in [0.3, 0.4) is 0 Å². The first-order chi connectivity index (χ1) is 12.3. The van der Waals surface area contributed by atoms with E-state index in [1.807, 2.05) is 0 Å². The summed E-state index contributed by atoms with van der Waals surface area (Å²) in [7, 11) is -7.32. The minimum atomic E-state index is -3.71. The zero-order valence-electron chi connectivity index (χ0n) is 14.0. The molecule has 3 rings (SSSR count). The van der Waals surface area contributed by atoms with Crippen molar-refractivity contribution in [2.24, 2.45) is 0 Å². The molecule has 2 aromatic rings. The lowest BCUT2D eigenvalue weighted by atomic mass is 10.3. The number of anilines is 1. The molecule has 1 heterocycles. The Morgan fingerprint density at radius 3 is 2.38 bits per heavy atom. The van der Waals surface area contributed by atoms with Crippen molar-refractivity contribution in [2.45, 2.75) is 4.90 Å². The van der Waals surface area contributed by atoms with E-state index in [0.29, 0.717) is 17.2 Å². The van der Waals surface area contributed by atoms with Gasteiger partial charge in [-0.1, -0.05) is 18.2 Å². The third-order valence-electron chi connectivity index (χ3n) is 3.70. The van der Waals surface area contributed by atoms with Crippen LogP contribution >= 0.6 is 0 Å². The molecule has 0 saturated heterocycles. The van der Waals surface area contributed by atoms with Crippen LogP contribution in [-0.2, 0) is 20.0 Å². The predicted octanol–water partition coefficient (Wildman–Crippen LogP) is 1.16. The highest BCUT2D eigenvalue weighted by atomic mass is 32.2. The third kappa shape index (κ3) is 4.09. The van der Waals surface area contributed by atoms with Crippen molar-refractivity contribution in [3.05, 3.63) is 48.5 Å². The maximum atomic E-state index is 12.2. The molecule has 0 radical (unpaired) electrons. The minimum Gasteiger partial charge on any atom is -0.454 e. The van der Waals surface area contributed by atoms with Crippen molar-refractivity contribution in [2.75, 3.05) is 30.4 Å². The first-order valence-corrected chi connectivity index (χ1v) is 11.0. The minimum absolute atomic E-state index is 0.0649. The van der Waals surface area contributed by atoms with Gasteiger partial charge in [0, 0.05) is 19.2 Å². The molecule has 1 aliphatic rings. The van der Waals surface area contributed by atoms with Gasteiger partial charge >= 0.3 is 0 Å². The van der Waals surface area contributed by atoms with E-state index >= 15 is 0 Å². The maximum Gasteiger partial charge on any atom is 0.240 e. The Morgan fingerprint density at radius 2 is 1.69 bits per heavy atom. The molecule has 0 aliphatic carbocycles. The van der Waals surface area contributed by atoms with Crippen molar-refractivity contribution in [1.82, 2.24) is 4.72 Å². The van der Waals surface area contributed by atoms with Crippen LogP contribution in [0.2, 0.25) is 0 Å². The standard InChI is InChI=1S/C16H18N2O6S2/c1-25(19,20)18(13-7-8-15-16(11-13)24-12-23-15)10-9-17-26(21,22)14-5-3-2-4-6-14/h2-8,11,17H,9-10,12H2,1H3. The van der Waals surface area contributed by atoms with Crippen LogP contribution in [0.15, 0.2) is 53.4 Å². The maximum absolute atomic E-state index is 12.2. The number of hydrogen-bond acceptors (Lipinski definition) is 6. The number of rotatable bonds is 7. The van der Waals surface area contributed by atoms with E-state index in [4.69, 9.17) is 9.47 Å². The smallest absolute Gasteiger partial charge is 0.240 e. The number of nitrogens with zero attached hydrogens (tertiary/aromatic N) is 1. The molecular weight excluding hydrogens is 380 g/mol. The Balaban J connectivity index is 1.74. The second kappa shape index (κ2) is 7.14. The highest BCUT2D eigenvalue weighted by molar-refractivity contribution is 7.92. The molecule has 0 saturated carbocycles. The highest BCUT2D eigenvalue weighted by Gasteiger charge is 2.22. The van der Waals surface area contributed by atoms with Gasteiger partial charge in [-0.2, -0.15) is 0 Å². The van der Waals surface area contributed by atoms with Crippen LogP contribution in [0.1, 0.15) is 0 Å². The van der Waals surface area contributed by atoms with Crippen molar-refractivity contribution < 1.29 is 26.3 Å². The van der Waals surface area contributed by atoms with E-state index in [0.717, 1.165) is 10.6 Å². The lowest BCUT2D eigenvalue weighted by Crippen LogP contribution is -2.38. The van der Waals surface area contributed by atoms with Crippen LogP contribution in [-0.4, -0.2) is 43.0 Å².